The Labute approximate surface area is 208 Å². The van der Waals surface area contributed by atoms with Gasteiger partial charge in [-0.3, -0.25) is 9.36 Å². The number of nitriles is 1. The van der Waals surface area contributed by atoms with Crippen molar-refractivity contribution in [1.82, 2.24) is 14.8 Å². The van der Waals surface area contributed by atoms with E-state index in [1.54, 1.807) is 24.3 Å². The first-order chi connectivity index (χ1) is 17.1. The third-order valence-electron chi connectivity index (χ3n) is 5.40. The summed E-state index contributed by atoms with van der Waals surface area (Å²) in [5.41, 5.74) is 4.47. The van der Waals surface area contributed by atoms with Gasteiger partial charge in [-0.15, -0.1) is 10.2 Å². The highest BCUT2D eigenvalue weighted by molar-refractivity contribution is 7.99. The molecule has 1 amide bonds. The molecule has 35 heavy (non-hydrogen) atoms. The molecule has 1 aromatic heterocycles. The molecule has 0 aliphatic carbocycles. The molecule has 0 saturated heterocycles. The molecule has 3 aromatic carbocycles. The van der Waals surface area contributed by atoms with Crippen molar-refractivity contribution in [1.29, 1.82) is 5.26 Å². The van der Waals surface area contributed by atoms with E-state index in [4.69, 9.17) is 10.00 Å². The number of carbonyl (C=O) groups is 1. The van der Waals surface area contributed by atoms with E-state index in [9.17, 15) is 4.79 Å². The average Bonchev–Trinajstić information content (AvgIpc) is 3.31. The number of aryl methyl sites for hydroxylation is 2. The van der Waals surface area contributed by atoms with Crippen LogP contribution in [-0.2, 0) is 17.8 Å². The quantitative estimate of drug-likeness (QED) is 0.324. The molecule has 0 unspecified atom stereocenters. The Morgan fingerprint density at radius 1 is 1.06 bits per heavy atom. The molecule has 0 saturated carbocycles. The Morgan fingerprint density at radius 3 is 2.54 bits per heavy atom. The van der Waals surface area contributed by atoms with Gasteiger partial charge in [-0.2, -0.15) is 5.26 Å². The normalized spacial score (nSPS) is 10.5. The molecule has 0 spiro atoms. The van der Waals surface area contributed by atoms with Crippen LogP contribution in [0, 0.1) is 18.3 Å². The van der Waals surface area contributed by atoms with Gasteiger partial charge in [0, 0.05) is 11.4 Å². The zero-order valence-electron chi connectivity index (χ0n) is 19.6. The first-order valence-electron chi connectivity index (χ1n) is 11.2. The standard InChI is InChI=1S/C27H25N5O2S/c1-3-21-9-7-8-19(2)26(21)29-25(33)18-35-27-31-30-24(32(27)22-10-5-4-6-11-22)17-34-23-14-12-20(16-28)13-15-23/h4-15H,3,17-18H2,1-2H3,(H,29,33). The van der Waals surface area contributed by atoms with Crippen LogP contribution in [0.5, 0.6) is 5.75 Å². The second-order valence-electron chi connectivity index (χ2n) is 7.79. The number of ether oxygens (including phenoxy) is 1. The van der Waals surface area contributed by atoms with Gasteiger partial charge in [-0.25, -0.2) is 0 Å². The summed E-state index contributed by atoms with van der Waals surface area (Å²) >= 11 is 1.32. The van der Waals surface area contributed by atoms with Crippen LogP contribution >= 0.6 is 11.8 Å². The van der Waals surface area contributed by atoms with Gasteiger partial charge in [-0.05, 0) is 60.9 Å². The number of nitrogens with zero attached hydrogens (tertiary/aromatic N) is 4. The third kappa shape index (κ3) is 5.89. The summed E-state index contributed by atoms with van der Waals surface area (Å²) in [6.07, 6.45) is 0.843. The van der Waals surface area contributed by atoms with Crippen molar-refractivity contribution in [3.8, 4) is 17.5 Å². The molecule has 0 radical (unpaired) electrons. The van der Waals surface area contributed by atoms with Crippen LogP contribution in [0.2, 0.25) is 0 Å². The number of aromatic nitrogens is 3. The van der Waals surface area contributed by atoms with Crippen molar-refractivity contribution in [3.63, 3.8) is 0 Å². The van der Waals surface area contributed by atoms with Crippen LogP contribution in [0.4, 0.5) is 5.69 Å². The van der Waals surface area contributed by atoms with Crippen molar-refractivity contribution in [2.45, 2.75) is 32.0 Å². The summed E-state index contributed by atoms with van der Waals surface area (Å²) in [5.74, 6) is 1.33. The minimum absolute atomic E-state index is 0.100. The SMILES string of the molecule is CCc1cccc(C)c1NC(=O)CSc1nnc(COc2ccc(C#N)cc2)n1-c1ccccc1. The number of nitrogens with one attached hydrogen (secondary N) is 1. The number of benzene rings is 3. The number of amides is 1. The van der Waals surface area contributed by atoms with Crippen molar-refractivity contribution < 1.29 is 9.53 Å². The number of rotatable bonds is 9. The fourth-order valence-corrected chi connectivity index (χ4v) is 4.38. The number of hydrogen-bond donors (Lipinski definition) is 1. The maximum absolute atomic E-state index is 12.8. The monoisotopic (exact) mass is 483 g/mol. The molecule has 1 N–H and O–H groups in total. The molecule has 7 nitrogen and oxygen atoms in total. The lowest BCUT2D eigenvalue weighted by molar-refractivity contribution is -0.113. The van der Waals surface area contributed by atoms with Gasteiger partial charge in [0.25, 0.3) is 0 Å². The first kappa shape index (κ1) is 24.0. The third-order valence-corrected chi connectivity index (χ3v) is 6.33. The molecule has 176 valence electrons. The Bertz CT molecular complexity index is 1340. The topological polar surface area (TPSA) is 92.8 Å². The van der Waals surface area contributed by atoms with Gasteiger partial charge in [0.15, 0.2) is 11.0 Å². The molecule has 0 fully saturated rings. The van der Waals surface area contributed by atoms with E-state index in [0.717, 1.165) is 28.9 Å². The predicted molar refractivity (Wildman–Crippen MR) is 137 cm³/mol. The highest BCUT2D eigenvalue weighted by Gasteiger charge is 2.17. The fourth-order valence-electron chi connectivity index (χ4n) is 3.60. The van der Waals surface area contributed by atoms with E-state index in [-0.39, 0.29) is 18.3 Å². The Kier molecular flexibility index (Phi) is 7.81. The van der Waals surface area contributed by atoms with Crippen LogP contribution in [0.25, 0.3) is 5.69 Å². The van der Waals surface area contributed by atoms with Gasteiger partial charge in [0.2, 0.25) is 5.91 Å². The lowest BCUT2D eigenvalue weighted by atomic mass is 10.1. The van der Waals surface area contributed by atoms with Crippen molar-refractivity contribution in [3.05, 3.63) is 95.3 Å². The maximum atomic E-state index is 12.8. The lowest BCUT2D eigenvalue weighted by Gasteiger charge is -2.13. The number of hydrogen-bond acceptors (Lipinski definition) is 6. The van der Waals surface area contributed by atoms with Crippen LogP contribution in [-0.4, -0.2) is 26.4 Å². The minimum Gasteiger partial charge on any atom is -0.486 e. The van der Waals surface area contributed by atoms with Crippen LogP contribution in [0.15, 0.2) is 78.0 Å². The molecule has 0 aliphatic rings. The van der Waals surface area contributed by atoms with Gasteiger partial charge in [0.1, 0.15) is 12.4 Å². The molecule has 0 aliphatic heterocycles. The highest BCUT2D eigenvalue weighted by Crippen LogP contribution is 2.25. The summed E-state index contributed by atoms with van der Waals surface area (Å²) in [6, 6.07) is 24.8. The average molecular weight is 484 g/mol. The minimum atomic E-state index is -0.100. The van der Waals surface area contributed by atoms with Crippen molar-refractivity contribution >= 4 is 23.4 Å². The zero-order valence-corrected chi connectivity index (χ0v) is 20.4. The molecule has 0 bridgehead atoms. The second-order valence-corrected chi connectivity index (χ2v) is 8.74. The largest absolute Gasteiger partial charge is 0.486 e. The van der Waals surface area contributed by atoms with Gasteiger partial charge < -0.3 is 10.1 Å². The molecule has 1 heterocycles. The van der Waals surface area contributed by atoms with Crippen molar-refractivity contribution in [2.24, 2.45) is 0 Å². The van der Waals surface area contributed by atoms with E-state index in [1.807, 2.05) is 60.0 Å². The summed E-state index contributed by atoms with van der Waals surface area (Å²) in [7, 11) is 0. The van der Waals surface area contributed by atoms with E-state index < -0.39 is 0 Å². The molecule has 8 heteroatoms. The predicted octanol–water partition coefficient (Wildman–Crippen LogP) is 5.32. The van der Waals surface area contributed by atoms with Gasteiger partial charge >= 0.3 is 0 Å². The number of para-hydroxylation sites is 2. The summed E-state index contributed by atoms with van der Waals surface area (Å²) < 4.78 is 7.78. The zero-order chi connectivity index (χ0) is 24.6. The molecular formula is C27H25N5O2S. The Hall–Kier alpha value is -4.09. The van der Waals surface area contributed by atoms with Gasteiger partial charge in [-0.1, -0.05) is 55.1 Å². The molecule has 4 rings (SSSR count). The fraction of sp³-hybridized carbons (Fsp3) is 0.185. The van der Waals surface area contributed by atoms with E-state index in [1.165, 1.54) is 11.8 Å². The number of carbonyl (C=O) groups excluding carboxylic acids is 1. The smallest absolute Gasteiger partial charge is 0.234 e. The second kappa shape index (κ2) is 11.4. The Balaban J connectivity index is 1.50. The summed E-state index contributed by atoms with van der Waals surface area (Å²) in [5, 5.41) is 21.3. The van der Waals surface area contributed by atoms with E-state index in [2.05, 4.69) is 28.5 Å². The summed E-state index contributed by atoms with van der Waals surface area (Å²) in [4.78, 5) is 12.8. The highest BCUT2D eigenvalue weighted by atomic mass is 32.2. The maximum Gasteiger partial charge on any atom is 0.234 e. The number of thioether (sulfide) groups is 1. The number of anilines is 1. The van der Waals surface area contributed by atoms with E-state index >= 15 is 0 Å². The first-order valence-corrected chi connectivity index (χ1v) is 12.2. The van der Waals surface area contributed by atoms with Crippen molar-refractivity contribution in [2.75, 3.05) is 11.1 Å². The molecule has 0 atom stereocenters. The van der Waals surface area contributed by atoms with Gasteiger partial charge in [0.05, 0.1) is 17.4 Å². The van der Waals surface area contributed by atoms with E-state index in [0.29, 0.717) is 22.3 Å². The van der Waals surface area contributed by atoms with Crippen LogP contribution < -0.4 is 10.1 Å². The molecule has 4 aromatic rings. The lowest BCUT2D eigenvalue weighted by Crippen LogP contribution is -2.16. The van der Waals surface area contributed by atoms with Crippen LogP contribution in [0.1, 0.15) is 29.4 Å². The Morgan fingerprint density at radius 2 is 1.83 bits per heavy atom. The summed E-state index contributed by atoms with van der Waals surface area (Å²) in [6.45, 7) is 4.25. The van der Waals surface area contributed by atoms with Crippen LogP contribution in [0.3, 0.4) is 0 Å². The molecular weight excluding hydrogens is 458 g/mol.